The molecule has 2 nitrogen and oxygen atoms in total. The Balaban J connectivity index is 2.78. The van der Waals surface area contributed by atoms with Gasteiger partial charge in [-0.3, -0.25) is 0 Å². The first-order chi connectivity index (χ1) is 7.12. The fourth-order valence-corrected chi connectivity index (χ4v) is 3.76. The van der Waals surface area contributed by atoms with Crippen LogP contribution in [0.3, 0.4) is 0 Å². The molecule has 96 valence electrons. The normalized spacial score (nSPS) is 28.5. The van der Waals surface area contributed by atoms with Crippen LogP contribution in [0.4, 0.5) is 0 Å². The van der Waals surface area contributed by atoms with Crippen molar-refractivity contribution in [3.63, 3.8) is 0 Å². The Labute approximate surface area is 102 Å². The molecule has 0 spiro atoms. The van der Waals surface area contributed by atoms with E-state index in [2.05, 4.69) is 41.5 Å². The van der Waals surface area contributed by atoms with Crippen LogP contribution < -0.4 is 10.6 Å². The number of nitrogens with two attached hydrogens (primary N) is 1. The Morgan fingerprint density at radius 1 is 0.812 bits per heavy atom. The molecule has 0 radical (unpaired) electrons. The average molecular weight is 227 g/mol. The van der Waals surface area contributed by atoms with Crippen LogP contribution in [0, 0.1) is 0 Å². The van der Waals surface area contributed by atoms with Crippen molar-refractivity contribution in [2.24, 2.45) is 5.73 Å². The Hall–Kier alpha value is -0.0800. The van der Waals surface area contributed by atoms with Crippen molar-refractivity contribution in [3.8, 4) is 0 Å². The molecule has 0 heterocycles. The minimum absolute atomic E-state index is 0.324. The predicted octanol–water partition coefficient (Wildman–Crippen LogP) is 1.74. The molecule has 3 N–H and O–H groups in total. The molecule has 0 aromatic carbocycles. The van der Waals surface area contributed by atoms with Crippen molar-refractivity contribution in [2.45, 2.75) is 90.4 Å². The Morgan fingerprint density at radius 2 is 1.19 bits per heavy atom. The van der Waals surface area contributed by atoms with Gasteiger partial charge in [0.05, 0.1) is 17.1 Å². The highest BCUT2D eigenvalue weighted by molar-refractivity contribution is 4.78. The van der Waals surface area contributed by atoms with Gasteiger partial charge >= 0.3 is 0 Å². The molecule has 0 atom stereocenters. The lowest BCUT2D eigenvalue weighted by molar-refractivity contribution is -1.01. The van der Waals surface area contributed by atoms with Crippen LogP contribution in [0.25, 0.3) is 0 Å². The standard InChI is InChI=1S/C14H30N2/c1-13(2,3)16(14(4,5)6)12-9-7-11(15)8-10-12/h11-12H,7-10,15H2,1-6H3/p+1. The number of hydrogen-bond acceptors (Lipinski definition) is 1. The van der Waals surface area contributed by atoms with Crippen molar-refractivity contribution in [1.29, 1.82) is 0 Å². The van der Waals surface area contributed by atoms with E-state index in [1.54, 1.807) is 4.90 Å². The maximum Gasteiger partial charge on any atom is 0.0897 e. The molecule has 0 aliphatic heterocycles. The summed E-state index contributed by atoms with van der Waals surface area (Å²) in [6.45, 7) is 14.2. The number of quaternary nitrogens is 1. The summed E-state index contributed by atoms with van der Waals surface area (Å²) in [6.07, 6.45) is 5.01. The van der Waals surface area contributed by atoms with E-state index in [-0.39, 0.29) is 0 Å². The number of hydrogen-bond donors (Lipinski definition) is 2. The molecule has 0 aromatic rings. The summed E-state index contributed by atoms with van der Waals surface area (Å²) >= 11 is 0. The molecule has 0 bridgehead atoms. The topological polar surface area (TPSA) is 30.5 Å². The van der Waals surface area contributed by atoms with E-state index in [4.69, 9.17) is 5.73 Å². The van der Waals surface area contributed by atoms with Gasteiger partial charge < -0.3 is 10.6 Å². The van der Waals surface area contributed by atoms with E-state index >= 15 is 0 Å². The molecule has 0 saturated heterocycles. The minimum Gasteiger partial charge on any atom is -0.328 e. The van der Waals surface area contributed by atoms with E-state index in [0.29, 0.717) is 17.1 Å². The molecule has 0 amide bonds. The van der Waals surface area contributed by atoms with Crippen LogP contribution in [0.15, 0.2) is 0 Å². The Kier molecular flexibility index (Phi) is 4.07. The highest BCUT2D eigenvalue weighted by Crippen LogP contribution is 2.18. The monoisotopic (exact) mass is 227 g/mol. The zero-order chi connectivity index (χ0) is 12.6. The van der Waals surface area contributed by atoms with Gasteiger partial charge in [0.1, 0.15) is 0 Å². The average Bonchev–Trinajstić information content (AvgIpc) is 2.03. The van der Waals surface area contributed by atoms with Gasteiger partial charge in [-0.2, -0.15) is 0 Å². The maximum atomic E-state index is 6.01. The van der Waals surface area contributed by atoms with Gasteiger partial charge in [0.2, 0.25) is 0 Å². The summed E-state index contributed by atoms with van der Waals surface area (Å²) in [5.74, 6) is 0. The minimum atomic E-state index is 0.324. The van der Waals surface area contributed by atoms with Crippen LogP contribution in [0.2, 0.25) is 0 Å². The Morgan fingerprint density at radius 3 is 1.50 bits per heavy atom. The first-order valence-electron chi connectivity index (χ1n) is 6.76. The third kappa shape index (κ3) is 3.46. The maximum absolute atomic E-state index is 6.01. The van der Waals surface area contributed by atoms with Crippen molar-refractivity contribution in [1.82, 2.24) is 0 Å². The fraction of sp³-hybridized carbons (Fsp3) is 1.00. The highest BCUT2D eigenvalue weighted by atomic mass is 15.3. The molecule has 1 aliphatic carbocycles. The van der Waals surface area contributed by atoms with E-state index < -0.39 is 0 Å². The second-order valence-electron chi connectivity index (χ2n) is 7.53. The van der Waals surface area contributed by atoms with E-state index in [0.717, 1.165) is 6.04 Å². The van der Waals surface area contributed by atoms with Gasteiger partial charge in [0.25, 0.3) is 0 Å². The lowest BCUT2D eigenvalue weighted by Gasteiger charge is -2.48. The van der Waals surface area contributed by atoms with Crippen molar-refractivity contribution in [2.75, 3.05) is 0 Å². The van der Waals surface area contributed by atoms with Gasteiger partial charge in [0, 0.05) is 18.9 Å². The zero-order valence-electron chi connectivity index (χ0n) is 12.1. The van der Waals surface area contributed by atoms with Crippen molar-refractivity contribution < 1.29 is 4.90 Å². The summed E-state index contributed by atoms with van der Waals surface area (Å²) < 4.78 is 0. The van der Waals surface area contributed by atoms with Crippen LogP contribution in [0.1, 0.15) is 67.2 Å². The quantitative estimate of drug-likeness (QED) is 0.702. The predicted molar refractivity (Wildman–Crippen MR) is 70.7 cm³/mol. The summed E-state index contributed by atoms with van der Waals surface area (Å²) in [5.41, 5.74) is 6.65. The molecule has 1 rings (SSSR count). The molecule has 0 aromatic heterocycles. The van der Waals surface area contributed by atoms with Crippen molar-refractivity contribution in [3.05, 3.63) is 0 Å². The van der Waals surface area contributed by atoms with E-state index in [1.165, 1.54) is 25.7 Å². The summed E-state index contributed by atoms with van der Waals surface area (Å²) in [7, 11) is 0. The van der Waals surface area contributed by atoms with Gasteiger partial charge in [-0.1, -0.05) is 0 Å². The molecule has 1 saturated carbocycles. The lowest BCUT2D eigenvalue weighted by atomic mass is 9.84. The van der Waals surface area contributed by atoms with Crippen LogP contribution >= 0.6 is 0 Å². The van der Waals surface area contributed by atoms with Crippen molar-refractivity contribution >= 4 is 0 Å². The SMILES string of the molecule is CC(C)(C)[NH+](C1CCC(N)CC1)C(C)(C)C. The second kappa shape index (κ2) is 4.66. The molecule has 1 aliphatic rings. The Bertz CT molecular complexity index is 200. The van der Waals surface area contributed by atoms with Gasteiger partial charge in [0.15, 0.2) is 0 Å². The molecular weight excluding hydrogens is 196 g/mol. The summed E-state index contributed by atoms with van der Waals surface area (Å²) in [4.78, 5) is 1.74. The summed E-state index contributed by atoms with van der Waals surface area (Å²) in [5, 5.41) is 0. The molecule has 2 heteroatoms. The van der Waals surface area contributed by atoms with E-state index in [9.17, 15) is 0 Å². The third-order valence-electron chi connectivity index (χ3n) is 3.80. The number of nitrogens with one attached hydrogen (secondary N) is 1. The smallest absolute Gasteiger partial charge is 0.0897 e. The molecule has 0 unspecified atom stereocenters. The molecule has 16 heavy (non-hydrogen) atoms. The van der Waals surface area contributed by atoms with Gasteiger partial charge in [-0.15, -0.1) is 0 Å². The van der Waals surface area contributed by atoms with Crippen LogP contribution in [0.5, 0.6) is 0 Å². The third-order valence-corrected chi connectivity index (χ3v) is 3.80. The van der Waals surface area contributed by atoms with E-state index in [1.807, 2.05) is 0 Å². The first-order valence-corrected chi connectivity index (χ1v) is 6.76. The number of rotatable bonds is 1. The largest absolute Gasteiger partial charge is 0.328 e. The second-order valence-corrected chi connectivity index (χ2v) is 7.53. The lowest BCUT2D eigenvalue weighted by Crippen LogP contribution is -3.27. The van der Waals surface area contributed by atoms with Crippen LogP contribution in [-0.4, -0.2) is 23.2 Å². The fourth-order valence-electron chi connectivity index (χ4n) is 3.76. The highest BCUT2D eigenvalue weighted by Gasteiger charge is 2.41. The van der Waals surface area contributed by atoms with Crippen LogP contribution in [-0.2, 0) is 0 Å². The molecule has 1 fully saturated rings. The molecular formula is C14H31N2+. The zero-order valence-corrected chi connectivity index (χ0v) is 12.1. The van der Waals surface area contributed by atoms with Gasteiger partial charge in [-0.25, -0.2) is 0 Å². The summed E-state index contributed by atoms with van der Waals surface area (Å²) in [6, 6.07) is 1.25. The van der Waals surface area contributed by atoms with Gasteiger partial charge in [-0.05, 0) is 54.4 Å². The first kappa shape index (κ1) is 14.0.